The van der Waals surface area contributed by atoms with Crippen molar-refractivity contribution in [1.82, 2.24) is 0 Å². The van der Waals surface area contributed by atoms with Crippen molar-refractivity contribution in [2.75, 3.05) is 26.4 Å². The third kappa shape index (κ3) is 9.84. The van der Waals surface area contributed by atoms with Gasteiger partial charge in [-0.2, -0.15) is 0 Å². The molecule has 0 atom stereocenters. The van der Waals surface area contributed by atoms with Crippen LogP contribution < -0.4 is 9.47 Å². The molecule has 0 heterocycles. The maximum absolute atomic E-state index is 12.4. The topological polar surface area (TPSA) is 114 Å². The summed E-state index contributed by atoms with van der Waals surface area (Å²) in [6.07, 6.45) is 0. The Morgan fingerprint density at radius 1 is 0.523 bits per heavy atom. The Bertz CT molecular complexity index is 1560. The van der Waals surface area contributed by atoms with Gasteiger partial charge in [-0.05, 0) is 85.5 Å². The summed E-state index contributed by atoms with van der Waals surface area (Å²) >= 11 is 0. The Kier molecular flexibility index (Phi) is 11.8. The first-order valence-corrected chi connectivity index (χ1v) is 13.6. The third-order valence-electron chi connectivity index (χ3n) is 5.94. The van der Waals surface area contributed by atoms with E-state index in [0.29, 0.717) is 22.6 Å². The molecule has 0 radical (unpaired) electrons. The second-order valence-corrected chi connectivity index (χ2v) is 9.83. The summed E-state index contributed by atoms with van der Waals surface area (Å²) in [5.74, 6) is -1.25. The van der Waals surface area contributed by atoms with E-state index in [4.69, 9.17) is 23.7 Å². The Labute approximate surface area is 256 Å². The average Bonchev–Trinajstić information content (AvgIpc) is 3.01. The SMILES string of the molecule is C=C(C)C(=O)OCCOC(=O)c1ccc(-c2cc(OC(=O)C(=C)C)cc(-c3ccc(OCCOC(=O)C(=C)C)cc3)c2)cc1. The van der Waals surface area contributed by atoms with Gasteiger partial charge in [0.05, 0.1) is 5.56 Å². The minimum absolute atomic E-state index is 0.0774. The van der Waals surface area contributed by atoms with Crippen LogP contribution in [0.3, 0.4) is 0 Å². The van der Waals surface area contributed by atoms with E-state index in [1.807, 2.05) is 18.2 Å². The molecule has 0 unspecified atom stereocenters. The molecule has 0 aliphatic carbocycles. The summed E-state index contributed by atoms with van der Waals surface area (Å²) in [4.78, 5) is 47.7. The van der Waals surface area contributed by atoms with Gasteiger partial charge in [0, 0.05) is 16.7 Å². The van der Waals surface area contributed by atoms with Gasteiger partial charge in [0.15, 0.2) is 0 Å². The van der Waals surface area contributed by atoms with Gasteiger partial charge < -0.3 is 23.7 Å². The van der Waals surface area contributed by atoms with Crippen LogP contribution in [0, 0.1) is 0 Å². The highest BCUT2D eigenvalue weighted by Crippen LogP contribution is 2.33. The zero-order valence-electron chi connectivity index (χ0n) is 25.0. The number of ether oxygens (including phenoxy) is 5. The van der Waals surface area contributed by atoms with E-state index >= 15 is 0 Å². The molecule has 0 bridgehead atoms. The maximum Gasteiger partial charge on any atom is 0.338 e. The first kappa shape index (κ1) is 33.1. The average molecular weight is 599 g/mol. The molecule has 0 amide bonds. The van der Waals surface area contributed by atoms with E-state index in [1.165, 1.54) is 6.92 Å². The minimum Gasteiger partial charge on any atom is -0.490 e. The van der Waals surface area contributed by atoms with Crippen molar-refractivity contribution in [1.29, 1.82) is 0 Å². The molecule has 9 heteroatoms. The lowest BCUT2D eigenvalue weighted by atomic mass is 9.97. The molecule has 44 heavy (non-hydrogen) atoms. The minimum atomic E-state index is -0.566. The Morgan fingerprint density at radius 2 is 0.977 bits per heavy atom. The standard InChI is InChI=1S/C35H34O9/c1-22(2)32(36)41-16-15-40-30-13-11-26(12-14-30)29-19-28(20-31(21-29)44-34(38)24(5)6)25-7-9-27(10-8-25)35(39)43-18-17-42-33(37)23(3)4/h7-14,19-21H,1,3,5,15-18H2,2,4,6H3. The highest BCUT2D eigenvalue weighted by atomic mass is 16.6. The molecule has 3 aromatic carbocycles. The van der Waals surface area contributed by atoms with E-state index < -0.39 is 23.9 Å². The number of esters is 4. The van der Waals surface area contributed by atoms with Crippen LogP contribution in [0.5, 0.6) is 11.5 Å². The number of hydrogen-bond donors (Lipinski definition) is 0. The van der Waals surface area contributed by atoms with E-state index in [9.17, 15) is 19.2 Å². The fourth-order valence-corrected chi connectivity index (χ4v) is 3.62. The first-order valence-electron chi connectivity index (χ1n) is 13.6. The van der Waals surface area contributed by atoms with Crippen molar-refractivity contribution in [3.8, 4) is 33.8 Å². The molecule has 0 aliphatic heterocycles. The lowest BCUT2D eigenvalue weighted by Gasteiger charge is -2.12. The predicted octanol–water partition coefficient (Wildman–Crippen LogP) is 6.28. The van der Waals surface area contributed by atoms with Crippen molar-refractivity contribution < 1.29 is 42.9 Å². The molecular weight excluding hydrogens is 564 g/mol. The summed E-state index contributed by atoms with van der Waals surface area (Å²) in [6.45, 7) is 15.4. The first-order chi connectivity index (χ1) is 20.9. The molecule has 0 N–H and O–H groups in total. The molecule has 0 fully saturated rings. The second-order valence-electron chi connectivity index (χ2n) is 9.83. The van der Waals surface area contributed by atoms with Gasteiger partial charge in [-0.15, -0.1) is 0 Å². The summed E-state index contributed by atoms with van der Waals surface area (Å²) in [5, 5.41) is 0. The molecule has 0 spiro atoms. The van der Waals surface area contributed by atoms with Crippen molar-refractivity contribution in [3.63, 3.8) is 0 Å². The molecule has 0 aliphatic rings. The normalized spacial score (nSPS) is 10.2. The Hall–Kier alpha value is -5.44. The molecule has 3 aromatic rings. The molecule has 0 aromatic heterocycles. The van der Waals surface area contributed by atoms with Gasteiger partial charge in [-0.3, -0.25) is 0 Å². The quantitative estimate of drug-likeness (QED) is 0.0696. The van der Waals surface area contributed by atoms with Gasteiger partial charge in [0.1, 0.15) is 37.9 Å². The van der Waals surface area contributed by atoms with E-state index in [-0.39, 0.29) is 37.6 Å². The number of hydrogen-bond acceptors (Lipinski definition) is 9. The van der Waals surface area contributed by atoms with Crippen molar-refractivity contribution >= 4 is 23.9 Å². The highest BCUT2D eigenvalue weighted by Gasteiger charge is 2.13. The molecule has 228 valence electrons. The van der Waals surface area contributed by atoms with Gasteiger partial charge in [-0.1, -0.05) is 44.0 Å². The largest absolute Gasteiger partial charge is 0.490 e. The zero-order valence-corrected chi connectivity index (χ0v) is 25.0. The summed E-state index contributed by atoms with van der Waals surface area (Å²) in [7, 11) is 0. The lowest BCUT2D eigenvalue weighted by Crippen LogP contribution is -2.14. The van der Waals surface area contributed by atoms with Gasteiger partial charge in [0.25, 0.3) is 0 Å². The number of benzene rings is 3. The maximum atomic E-state index is 12.4. The van der Waals surface area contributed by atoms with Crippen LogP contribution >= 0.6 is 0 Å². The number of carbonyl (C=O) groups is 4. The van der Waals surface area contributed by atoms with Crippen LogP contribution in [0.2, 0.25) is 0 Å². The van der Waals surface area contributed by atoms with Crippen molar-refractivity contribution in [3.05, 3.63) is 109 Å². The highest BCUT2D eigenvalue weighted by molar-refractivity contribution is 5.91. The van der Waals surface area contributed by atoms with Crippen molar-refractivity contribution in [2.45, 2.75) is 20.8 Å². The van der Waals surface area contributed by atoms with E-state index in [0.717, 1.165) is 22.3 Å². The summed E-state index contributed by atoms with van der Waals surface area (Å²) in [6, 6.07) is 19.4. The molecule has 3 rings (SSSR count). The van der Waals surface area contributed by atoms with Gasteiger partial charge in [-0.25, -0.2) is 19.2 Å². The van der Waals surface area contributed by atoms with Crippen molar-refractivity contribution in [2.24, 2.45) is 0 Å². The lowest BCUT2D eigenvalue weighted by molar-refractivity contribution is -0.140. The van der Waals surface area contributed by atoms with Gasteiger partial charge >= 0.3 is 23.9 Å². The molecule has 9 nitrogen and oxygen atoms in total. The van der Waals surface area contributed by atoms with Crippen LogP contribution in [0.1, 0.15) is 31.1 Å². The van der Waals surface area contributed by atoms with Gasteiger partial charge in [0.2, 0.25) is 0 Å². The molecule has 0 saturated carbocycles. The zero-order chi connectivity index (χ0) is 32.2. The second kappa shape index (κ2) is 15.7. The third-order valence-corrected chi connectivity index (χ3v) is 5.94. The summed E-state index contributed by atoms with van der Waals surface area (Å²) < 4.78 is 26.3. The smallest absolute Gasteiger partial charge is 0.338 e. The fraction of sp³-hybridized carbons (Fsp3) is 0.200. The van der Waals surface area contributed by atoms with E-state index in [2.05, 4.69) is 19.7 Å². The van der Waals surface area contributed by atoms with Crippen LogP contribution in [0.4, 0.5) is 0 Å². The number of rotatable bonds is 14. The summed E-state index contributed by atoms with van der Waals surface area (Å²) in [5.41, 5.74) is 4.23. The Balaban J connectivity index is 1.75. The monoisotopic (exact) mass is 598 g/mol. The predicted molar refractivity (Wildman–Crippen MR) is 165 cm³/mol. The fourth-order valence-electron chi connectivity index (χ4n) is 3.62. The number of carbonyl (C=O) groups excluding carboxylic acids is 4. The van der Waals surface area contributed by atoms with Crippen LogP contribution in [0.25, 0.3) is 22.3 Å². The Morgan fingerprint density at radius 3 is 1.48 bits per heavy atom. The molecule has 0 saturated heterocycles. The van der Waals surface area contributed by atoms with Crippen LogP contribution in [-0.2, 0) is 28.6 Å². The van der Waals surface area contributed by atoms with E-state index in [1.54, 1.807) is 62.4 Å². The van der Waals surface area contributed by atoms with Crippen LogP contribution in [-0.4, -0.2) is 50.3 Å². The molecular formula is C35H34O9. The van der Waals surface area contributed by atoms with Crippen LogP contribution in [0.15, 0.2) is 103 Å².